The molecule has 5 nitrogen and oxygen atoms in total. The number of rotatable bonds is 3. The lowest BCUT2D eigenvalue weighted by atomic mass is 9.77. The number of carboxylic acid groups (broad SMARTS) is 1. The van der Waals surface area contributed by atoms with Crippen LogP contribution < -0.4 is 5.11 Å². The molecule has 0 radical (unpaired) electrons. The van der Waals surface area contributed by atoms with Gasteiger partial charge in [-0.3, -0.25) is 4.79 Å². The zero-order chi connectivity index (χ0) is 15.5. The fourth-order valence-electron chi connectivity index (χ4n) is 4.04. The number of likely N-dealkylation sites (tertiary alicyclic amines) is 1. The Kier molecular flexibility index (Phi) is 2.72. The predicted octanol–water partition coefficient (Wildman–Crippen LogP) is 0.279. The zero-order valence-corrected chi connectivity index (χ0v) is 12.1. The molecule has 2 bridgehead atoms. The van der Waals surface area contributed by atoms with Gasteiger partial charge >= 0.3 is 0 Å². The molecule has 0 saturated carbocycles. The van der Waals surface area contributed by atoms with Gasteiger partial charge in [-0.15, -0.1) is 0 Å². The van der Waals surface area contributed by atoms with Gasteiger partial charge in [-0.1, -0.05) is 42.5 Å². The summed E-state index contributed by atoms with van der Waals surface area (Å²) in [7, 11) is 0. The highest BCUT2D eigenvalue weighted by atomic mass is 16.5. The number of ether oxygens (including phenoxy) is 1. The number of hydrogen-bond donors (Lipinski definition) is 0. The van der Waals surface area contributed by atoms with E-state index < -0.39 is 29.5 Å². The van der Waals surface area contributed by atoms with Crippen LogP contribution in [0.4, 0.5) is 0 Å². The summed E-state index contributed by atoms with van der Waals surface area (Å²) < 4.78 is 5.85. The second-order valence-corrected chi connectivity index (χ2v) is 6.27. The van der Waals surface area contributed by atoms with Gasteiger partial charge in [0, 0.05) is 11.9 Å². The molecule has 0 aliphatic carbocycles. The maximum Gasteiger partial charge on any atom is 0.230 e. The molecule has 1 aromatic rings. The molecule has 1 aromatic carbocycles. The number of amides is 1. The van der Waals surface area contributed by atoms with E-state index >= 15 is 0 Å². The lowest BCUT2D eigenvalue weighted by molar-refractivity contribution is -0.313. The van der Waals surface area contributed by atoms with Crippen LogP contribution in [0, 0.1) is 11.8 Å². The third-order valence-corrected chi connectivity index (χ3v) is 5.15. The Hall–Kier alpha value is -2.14. The van der Waals surface area contributed by atoms with Crippen molar-refractivity contribution in [2.75, 3.05) is 6.54 Å². The Labute approximate surface area is 128 Å². The predicted molar refractivity (Wildman–Crippen MR) is 75.3 cm³/mol. The van der Waals surface area contributed by atoms with Gasteiger partial charge in [-0.25, -0.2) is 0 Å². The minimum atomic E-state index is -1.20. The first-order valence-corrected chi connectivity index (χ1v) is 7.47. The summed E-state index contributed by atoms with van der Waals surface area (Å²) >= 11 is 0. The highest BCUT2D eigenvalue weighted by molar-refractivity contribution is 5.90. The van der Waals surface area contributed by atoms with Crippen molar-refractivity contribution >= 4 is 11.9 Å². The molecule has 0 aromatic heterocycles. The molecule has 2 fully saturated rings. The highest BCUT2D eigenvalue weighted by Crippen LogP contribution is 2.52. The number of carbonyl (C=O) groups excluding carboxylic acids is 2. The van der Waals surface area contributed by atoms with Crippen LogP contribution in [0.25, 0.3) is 0 Å². The molecule has 1 spiro atoms. The fourth-order valence-corrected chi connectivity index (χ4v) is 4.04. The van der Waals surface area contributed by atoms with Gasteiger partial charge in [-0.2, -0.15) is 0 Å². The van der Waals surface area contributed by atoms with Crippen molar-refractivity contribution in [3.05, 3.63) is 48.0 Å². The Morgan fingerprint density at radius 2 is 2.14 bits per heavy atom. The zero-order valence-electron chi connectivity index (χ0n) is 12.1. The van der Waals surface area contributed by atoms with E-state index in [4.69, 9.17) is 4.74 Å². The number of carboxylic acids is 1. The minimum absolute atomic E-state index is 0.118. The van der Waals surface area contributed by atoms with Crippen molar-refractivity contribution < 1.29 is 19.4 Å². The number of fused-ring (bicyclic) bond motifs is 1. The van der Waals surface area contributed by atoms with Gasteiger partial charge in [0.2, 0.25) is 5.91 Å². The fraction of sp³-hybridized carbons (Fsp3) is 0.412. The van der Waals surface area contributed by atoms with Crippen LogP contribution in [0.5, 0.6) is 0 Å². The summed E-state index contributed by atoms with van der Waals surface area (Å²) in [5, 5.41) is 11.4. The Morgan fingerprint density at radius 1 is 1.41 bits per heavy atom. The quantitative estimate of drug-likeness (QED) is 0.752. The molecule has 4 rings (SSSR count). The van der Waals surface area contributed by atoms with E-state index in [0.29, 0.717) is 6.54 Å². The molecule has 1 amide bonds. The van der Waals surface area contributed by atoms with Gasteiger partial charge in [0.05, 0.1) is 24.6 Å². The first-order valence-electron chi connectivity index (χ1n) is 7.47. The second-order valence-electron chi connectivity index (χ2n) is 6.27. The van der Waals surface area contributed by atoms with Crippen molar-refractivity contribution in [3.63, 3.8) is 0 Å². The van der Waals surface area contributed by atoms with E-state index in [1.165, 1.54) is 0 Å². The van der Waals surface area contributed by atoms with Crippen molar-refractivity contribution in [3.8, 4) is 0 Å². The Morgan fingerprint density at radius 3 is 2.82 bits per heavy atom. The Bertz CT molecular complexity index is 670. The number of aliphatic carboxylic acids is 1. The average Bonchev–Trinajstić information content (AvgIpc) is 3.15. The van der Waals surface area contributed by atoms with E-state index in [0.717, 1.165) is 5.56 Å². The molecule has 3 heterocycles. The van der Waals surface area contributed by atoms with Gasteiger partial charge < -0.3 is 19.5 Å². The summed E-state index contributed by atoms with van der Waals surface area (Å²) in [5.41, 5.74) is 0.228. The molecule has 3 aliphatic heterocycles. The average molecular weight is 298 g/mol. The van der Waals surface area contributed by atoms with E-state index in [1.807, 2.05) is 43.3 Å². The maximum atomic E-state index is 12.8. The SMILES string of the molecule is C[C@@H](c1ccccc1)N1C[C@]23C=C[C@@H](O2)[C@@H](C(=O)[O-])[C@@H]3C1=O. The number of hydrogen-bond acceptors (Lipinski definition) is 4. The van der Waals surface area contributed by atoms with E-state index in [2.05, 4.69) is 0 Å². The van der Waals surface area contributed by atoms with Crippen LogP contribution in [0.2, 0.25) is 0 Å². The van der Waals surface area contributed by atoms with Crippen LogP contribution in [0.3, 0.4) is 0 Å². The van der Waals surface area contributed by atoms with Gasteiger partial charge in [0.15, 0.2) is 0 Å². The van der Waals surface area contributed by atoms with Crippen molar-refractivity contribution in [2.24, 2.45) is 11.8 Å². The Balaban J connectivity index is 1.68. The van der Waals surface area contributed by atoms with Gasteiger partial charge in [0.25, 0.3) is 0 Å². The lowest BCUT2D eigenvalue weighted by Crippen LogP contribution is -2.45. The maximum absolute atomic E-state index is 12.8. The summed E-state index contributed by atoms with van der Waals surface area (Å²) in [6.07, 6.45) is 3.08. The third-order valence-electron chi connectivity index (χ3n) is 5.15. The smallest absolute Gasteiger partial charge is 0.230 e. The van der Waals surface area contributed by atoms with Crippen LogP contribution >= 0.6 is 0 Å². The largest absolute Gasteiger partial charge is 0.550 e. The van der Waals surface area contributed by atoms with Crippen LogP contribution in [-0.4, -0.2) is 35.0 Å². The molecule has 5 heteroatoms. The number of carbonyl (C=O) groups is 2. The number of nitrogens with zero attached hydrogens (tertiary/aromatic N) is 1. The summed E-state index contributed by atoms with van der Waals surface area (Å²) in [6, 6.07) is 9.60. The first kappa shape index (κ1) is 13.5. The van der Waals surface area contributed by atoms with Crippen LogP contribution in [0.1, 0.15) is 18.5 Å². The molecule has 114 valence electrons. The second kappa shape index (κ2) is 4.43. The molecule has 0 N–H and O–H groups in total. The van der Waals surface area contributed by atoms with Crippen molar-refractivity contribution in [1.29, 1.82) is 0 Å². The molecule has 0 unspecified atom stereocenters. The van der Waals surface area contributed by atoms with Crippen molar-refractivity contribution in [2.45, 2.75) is 24.7 Å². The minimum Gasteiger partial charge on any atom is -0.550 e. The van der Waals surface area contributed by atoms with Gasteiger partial charge in [-0.05, 0) is 12.5 Å². The first-order chi connectivity index (χ1) is 10.5. The topological polar surface area (TPSA) is 69.7 Å². The van der Waals surface area contributed by atoms with Crippen LogP contribution in [0.15, 0.2) is 42.5 Å². The normalized spacial score (nSPS) is 36.7. The highest BCUT2D eigenvalue weighted by Gasteiger charge is 2.65. The van der Waals surface area contributed by atoms with E-state index in [1.54, 1.807) is 11.0 Å². The van der Waals surface area contributed by atoms with Gasteiger partial charge in [0.1, 0.15) is 5.60 Å². The molecular weight excluding hydrogens is 282 g/mol. The summed E-state index contributed by atoms with van der Waals surface area (Å²) in [5.74, 6) is -2.91. The molecular formula is C17H16NO4-. The van der Waals surface area contributed by atoms with E-state index in [9.17, 15) is 14.7 Å². The van der Waals surface area contributed by atoms with Crippen LogP contribution in [-0.2, 0) is 14.3 Å². The lowest BCUT2D eigenvalue weighted by Gasteiger charge is -2.28. The molecule has 22 heavy (non-hydrogen) atoms. The van der Waals surface area contributed by atoms with E-state index in [-0.39, 0.29) is 11.9 Å². The summed E-state index contributed by atoms with van der Waals surface area (Å²) in [4.78, 5) is 26.0. The molecule has 5 atom stereocenters. The monoisotopic (exact) mass is 298 g/mol. The number of benzene rings is 1. The standard InChI is InChI=1S/C17H17NO4/c1-10(11-5-3-2-4-6-11)18-9-17-8-7-12(22-17)13(16(20)21)14(17)15(18)19/h2-8,10,12-14H,9H2,1H3,(H,20,21)/p-1/t10-,12+,13+,14+,17-/m0/s1. The van der Waals surface area contributed by atoms with Crippen molar-refractivity contribution in [1.82, 2.24) is 4.90 Å². The molecule has 2 saturated heterocycles. The third kappa shape index (κ3) is 1.63. The summed E-state index contributed by atoms with van der Waals surface area (Å²) in [6.45, 7) is 2.35. The molecule has 3 aliphatic rings.